The number of nitrogens with zero attached hydrogens (tertiary/aromatic N) is 1. The summed E-state index contributed by atoms with van der Waals surface area (Å²) in [6.07, 6.45) is 0. The first-order valence-electron chi connectivity index (χ1n) is 6.27. The zero-order chi connectivity index (χ0) is 15.4. The lowest BCUT2D eigenvalue weighted by Crippen LogP contribution is -2.30. The van der Waals surface area contributed by atoms with Crippen LogP contribution in [0.2, 0.25) is 10.0 Å². The number of anilines is 2. The topological polar surface area (TPSA) is 58.4 Å². The number of carbonyl (C=O) groups is 1. The molecular formula is C15H15Cl2N3O. The van der Waals surface area contributed by atoms with Crippen molar-refractivity contribution in [1.29, 1.82) is 0 Å². The zero-order valence-electron chi connectivity index (χ0n) is 11.4. The maximum absolute atomic E-state index is 12.1. The number of urea groups is 1. The van der Waals surface area contributed by atoms with E-state index in [1.54, 1.807) is 42.3 Å². The van der Waals surface area contributed by atoms with Crippen LogP contribution in [-0.2, 0) is 6.54 Å². The van der Waals surface area contributed by atoms with Gasteiger partial charge >= 0.3 is 6.03 Å². The SMILES string of the molecule is CN(Cc1ccc(N)cc1)C(=O)Nc1cc(Cl)ccc1Cl. The average Bonchev–Trinajstić information content (AvgIpc) is 2.45. The van der Waals surface area contributed by atoms with E-state index in [0.717, 1.165) is 5.56 Å². The molecule has 0 bridgehead atoms. The van der Waals surface area contributed by atoms with Crippen molar-refractivity contribution in [2.24, 2.45) is 0 Å². The number of nitrogens with two attached hydrogens (primary N) is 1. The van der Waals surface area contributed by atoms with Crippen LogP contribution in [0.5, 0.6) is 0 Å². The largest absolute Gasteiger partial charge is 0.399 e. The molecule has 0 aromatic heterocycles. The predicted molar refractivity (Wildman–Crippen MR) is 87.8 cm³/mol. The number of nitrogens with one attached hydrogen (secondary N) is 1. The van der Waals surface area contributed by atoms with Gasteiger partial charge in [-0.05, 0) is 35.9 Å². The van der Waals surface area contributed by atoms with Gasteiger partial charge in [-0.1, -0.05) is 35.3 Å². The number of rotatable bonds is 3. The third kappa shape index (κ3) is 4.28. The van der Waals surface area contributed by atoms with Crippen LogP contribution in [0.4, 0.5) is 16.2 Å². The summed E-state index contributed by atoms with van der Waals surface area (Å²) in [5.41, 5.74) is 7.79. The molecule has 2 rings (SSSR count). The van der Waals surface area contributed by atoms with Gasteiger partial charge in [-0.25, -0.2) is 4.79 Å². The summed E-state index contributed by atoms with van der Waals surface area (Å²) in [5, 5.41) is 3.68. The van der Waals surface area contributed by atoms with E-state index in [1.165, 1.54) is 0 Å². The van der Waals surface area contributed by atoms with Crippen molar-refractivity contribution in [3.8, 4) is 0 Å². The van der Waals surface area contributed by atoms with Crippen LogP contribution >= 0.6 is 23.2 Å². The Hall–Kier alpha value is -1.91. The van der Waals surface area contributed by atoms with Crippen molar-refractivity contribution in [2.45, 2.75) is 6.54 Å². The van der Waals surface area contributed by atoms with Gasteiger partial charge in [-0.3, -0.25) is 0 Å². The minimum absolute atomic E-state index is 0.268. The highest BCUT2D eigenvalue weighted by molar-refractivity contribution is 6.35. The Bertz CT molecular complexity index is 644. The van der Waals surface area contributed by atoms with E-state index in [2.05, 4.69) is 5.32 Å². The lowest BCUT2D eigenvalue weighted by Gasteiger charge is -2.18. The van der Waals surface area contributed by atoms with E-state index < -0.39 is 0 Å². The Morgan fingerprint density at radius 2 is 1.86 bits per heavy atom. The summed E-state index contributed by atoms with van der Waals surface area (Å²) in [6, 6.07) is 12.0. The maximum atomic E-state index is 12.1. The van der Waals surface area contributed by atoms with E-state index in [4.69, 9.17) is 28.9 Å². The number of hydrogen-bond donors (Lipinski definition) is 2. The number of carbonyl (C=O) groups excluding carboxylic acids is 1. The van der Waals surface area contributed by atoms with Gasteiger partial charge in [0, 0.05) is 24.3 Å². The number of halogens is 2. The van der Waals surface area contributed by atoms with Crippen molar-refractivity contribution < 1.29 is 4.79 Å². The predicted octanol–water partition coefficient (Wildman–Crippen LogP) is 4.24. The van der Waals surface area contributed by atoms with Gasteiger partial charge in [0.15, 0.2) is 0 Å². The molecule has 0 saturated heterocycles. The van der Waals surface area contributed by atoms with Crippen LogP contribution in [0.15, 0.2) is 42.5 Å². The lowest BCUT2D eigenvalue weighted by atomic mass is 10.2. The fraction of sp³-hybridized carbons (Fsp3) is 0.133. The average molecular weight is 324 g/mol. The van der Waals surface area contributed by atoms with Crippen LogP contribution in [0.25, 0.3) is 0 Å². The van der Waals surface area contributed by atoms with Crippen LogP contribution in [0.1, 0.15) is 5.56 Å². The highest BCUT2D eigenvalue weighted by Crippen LogP contribution is 2.25. The summed E-state index contributed by atoms with van der Waals surface area (Å²) in [6.45, 7) is 0.463. The van der Waals surface area contributed by atoms with Gasteiger partial charge in [0.05, 0.1) is 10.7 Å². The second kappa shape index (κ2) is 6.70. The monoisotopic (exact) mass is 323 g/mol. The van der Waals surface area contributed by atoms with E-state index >= 15 is 0 Å². The van der Waals surface area contributed by atoms with Crippen molar-refractivity contribution in [3.05, 3.63) is 58.1 Å². The highest BCUT2D eigenvalue weighted by atomic mass is 35.5. The molecule has 0 radical (unpaired) electrons. The molecule has 110 valence electrons. The first kappa shape index (κ1) is 15.5. The first-order valence-corrected chi connectivity index (χ1v) is 7.03. The molecule has 0 spiro atoms. The molecule has 0 aliphatic rings. The molecule has 0 saturated carbocycles. The molecule has 0 heterocycles. The van der Waals surface area contributed by atoms with Crippen LogP contribution < -0.4 is 11.1 Å². The Labute approximate surface area is 133 Å². The number of amides is 2. The number of nitrogen functional groups attached to an aromatic ring is 1. The molecule has 2 aromatic rings. The molecule has 0 aliphatic heterocycles. The molecule has 0 unspecified atom stereocenters. The zero-order valence-corrected chi connectivity index (χ0v) is 12.9. The molecule has 3 N–H and O–H groups in total. The van der Waals surface area contributed by atoms with Crippen LogP contribution in [0.3, 0.4) is 0 Å². The second-order valence-electron chi connectivity index (χ2n) is 4.65. The number of hydrogen-bond acceptors (Lipinski definition) is 2. The second-order valence-corrected chi connectivity index (χ2v) is 5.50. The highest BCUT2D eigenvalue weighted by Gasteiger charge is 2.11. The first-order chi connectivity index (χ1) is 9.95. The third-order valence-electron chi connectivity index (χ3n) is 2.92. The van der Waals surface area contributed by atoms with E-state index in [0.29, 0.717) is 28.0 Å². The van der Waals surface area contributed by atoms with Gasteiger partial charge in [-0.15, -0.1) is 0 Å². The quantitative estimate of drug-likeness (QED) is 0.830. The summed E-state index contributed by atoms with van der Waals surface area (Å²) in [5.74, 6) is 0. The minimum atomic E-state index is -0.268. The van der Waals surface area contributed by atoms with E-state index in [9.17, 15) is 4.79 Å². The smallest absolute Gasteiger partial charge is 0.321 e. The Morgan fingerprint density at radius 1 is 1.19 bits per heavy atom. The van der Waals surface area contributed by atoms with Gasteiger partial charge in [-0.2, -0.15) is 0 Å². The molecule has 2 aromatic carbocycles. The van der Waals surface area contributed by atoms with Crippen LogP contribution in [-0.4, -0.2) is 18.0 Å². The lowest BCUT2D eigenvalue weighted by molar-refractivity contribution is 0.220. The van der Waals surface area contributed by atoms with Crippen molar-refractivity contribution in [3.63, 3.8) is 0 Å². The van der Waals surface area contributed by atoms with Gasteiger partial charge in [0.25, 0.3) is 0 Å². The van der Waals surface area contributed by atoms with E-state index in [-0.39, 0.29) is 6.03 Å². The van der Waals surface area contributed by atoms with Gasteiger partial charge in [0.2, 0.25) is 0 Å². The fourth-order valence-electron chi connectivity index (χ4n) is 1.77. The summed E-state index contributed by atoms with van der Waals surface area (Å²) < 4.78 is 0. The summed E-state index contributed by atoms with van der Waals surface area (Å²) in [7, 11) is 1.70. The third-order valence-corrected chi connectivity index (χ3v) is 3.48. The standard InChI is InChI=1S/C15H15Cl2N3O/c1-20(9-10-2-5-12(18)6-3-10)15(21)19-14-8-11(16)4-7-13(14)17/h2-8H,9,18H2,1H3,(H,19,21). The summed E-state index contributed by atoms with van der Waals surface area (Å²) in [4.78, 5) is 13.7. The summed E-state index contributed by atoms with van der Waals surface area (Å²) >= 11 is 11.9. The molecule has 0 atom stereocenters. The number of benzene rings is 2. The molecule has 21 heavy (non-hydrogen) atoms. The Morgan fingerprint density at radius 3 is 2.52 bits per heavy atom. The maximum Gasteiger partial charge on any atom is 0.321 e. The Balaban J connectivity index is 2.02. The van der Waals surface area contributed by atoms with Crippen molar-refractivity contribution in [1.82, 2.24) is 4.90 Å². The van der Waals surface area contributed by atoms with Crippen molar-refractivity contribution in [2.75, 3.05) is 18.1 Å². The molecule has 0 aliphatic carbocycles. The Kier molecular flexibility index (Phi) is 4.94. The van der Waals surface area contributed by atoms with Crippen molar-refractivity contribution >= 4 is 40.6 Å². The molecular weight excluding hydrogens is 309 g/mol. The molecule has 6 heteroatoms. The van der Waals surface area contributed by atoms with Crippen LogP contribution in [0, 0.1) is 0 Å². The van der Waals surface area contributed by atoms with Gasteiger partial charge < -0.3 is 16.0 Å². The van der Waals surface area contributed by atoms with Gasteiger partial charge in [0.1, 0.15) is 0 Å². The minimum Gasteiger partial charge on any atom is -0.399 e. The molecule has 4 nitrogen and oxygen atoms in total. The normalized spacial score (nSPS) is 10.2. The van der Waals surface area contributed by atoms with E-state index in [1.807, 2.05) is 12.1 Å². The fourth-order valence-corrected chi connectivity index (χ4v) is 2.11. The molecule has 0 fully saturated rings. The molecule has 2 amide bonds.